The summed E-state index contributed by atoms with van der Waals surface area (Å²) in [5.74, 6) is 0. The predicted molar refractivity (Wildman–Crippen MR) is 81.7 cm³/mol. The molecular formula is C15H31N3O2. The van der Waals surface area contributed by atoms with Crippen LogP contribution in [0.15, 0.2) is 0 Å². The molecule has 1 saturated heterocycles. The maximum absolute atomic E-state index is 12.0. The lowest BCUT2D eigenvalue weighted by atomic mass is 9.80. The average molecular weight is 285 g/mol. The van der Waals surface area contributed by atoms with E-state index in [4.69, 9.17) is 10.5 Å². The van der Waals surface area contributed by atoms with Gasteiger partial charge in [0, 0.05) is 19.6 Å². The molecule has 0 unspecified atom stereocenters. The van der Waals surface area contributed by atoms with Crippen molar-refractivity contribution in [3.05, 3.63) is 0 Å². The Labute approximate surface area is 123 Å². The van der Waals surface area contributed by atoms with Gasteiger partial charge >= 0.3 is 6.09 Å². The normalized spacial score (nSPS) is 18.9. The third-order valence-electron chi connectivity index (χ3n) is 3.73. The van der Waals surface area contributed by atoms with Gasteiger partial charge in [0.1, 0.15) is 5.60 Å². The highest BCUT2D eigenvalue weighted by Crippen LogP contribution is 2.30. The fraction of sp³-hybridized carbons (Fsp3) is 0.933. The van der Waals surface area contributed by atoms with E-state index in [1.54, 1.807) is 0 Å². The van der Waals surface area contributed by atoms with Gasteiger partial charge in [-0.3, -0.25) is 0 Å². The van der Waals surface area contributed by atoms with Crippen LogP contribution in [-0.2, 0) is 4.74 Å². The smallest absolute Gasteiger partial charge is 0.410 e. The first kappa shape index (κ1) is 17.2. The molecule has 0 radical (unpaired) electrons. The van der Waals surface area contributed by atoms with E-state index < -0.39 is 5.60 Å². The van der Waals surface area contributed by atoms with Crippen molar-refractivity contribution in [2.24, 2.45) is 11.1 Å². The first-order valence-corrected chi connectivity index (χ1v) is 7.64. The summed E-state index contributed by atoms with van der Waals surface area (Å²) in [6.07, 6.45) is 2.86. The van der Waals surface area contributed by atoms with Crippen LogP contribution in [0.3, 0.4) is 0 Å². The van der Waals surface area contributed by atoms with E-state index >= 15 is 0 Å². The number of nitrogens with two attached hydrogens (primary N) is 1. The number of nitrogens with one attached hydrogen (secondary N) is 1. The van der Waals surface area contributed by atoms with Crippen molar-refractivity contribution in [1.29, 1.82) is 0 Å². The van der Waals surface area contributed by atoms with Gasteiger partial charge in [-0.1, -0.05) is 6.92 Å². The molecule has 0 aromatic carbocycles. The minimum Gasteiger partial charge on any atom is -0.444 e. The largest absolute Gasteiger partial charge is 0.444 e. The van der Waals surface area contributed by atoms with Crippen molar-refractivity contribution in [2.45, 2.75) is 52.6 Å². The SMILES string of the molecule is CC1(CNCCCN)CCN(C(=O)OC(C)(C)C)CC1. The zero-order valence-electron chi connectivity index (χ0n) is 13.5. The number of carbonyl (C=O) groups is 1. The first-order valence-electron chi connectivity index (χ1n) is 7.64. The molecule has 0 aliphatic carbocycles. The van der Waals surface area contributed by atoms with Crippen LogP contribution in [0.4, 0.5) is 4.79 Å². The third-order valence-corrected chi connectivity index (χ3v) is 3.73. The number of ether oxygens (including phenoxy) is 1. The molecule has 0 aromatic rings. The maximum Gasteiger partial charge on any atom is 0.410 e. The van der Waals surface area contributed by atoms with Gasteiger partial charge in [0.2, 0.25) is 0 Å². The highest BCUT2D eigenvalue weighted by molar-refractivity contribution is 5.68. The fourth-order valence-electron chi connectivity index (χ4n) is 2.35. The van der Waals surface area contributed by atoms with E-state index in [9.17, 15) is 4.79 Å². The second-order valence-corrected chi connectivity index (χ2v) is 7.10. The summed E-state index contributed by atoms with van der Waals surface area (Å²) in [6.45, 7) is 12.3. The summed E-state index contributed by atoms with van der Waals surface area (Å²) in [7, 11) is 0. The molecule has 1 amide bonds. The second-order valence-electron chi connectivity index (χ2n) is 7.10. The van der Waals surface area contributed by atoms with E-state index in [0.717, 1.165) is 52.0 Å². The molecule has 0 atom stereocenters. The zero-order chi connectivity index (χ0) is 15.2. The van der Waals surface area contributed by atoms with Crippen LogP contribution in [0.25, 0.3) is 0 Å². The Morgan fingerprint density at radius 2 is 1.95 bits per heavy atom. The van der Waals surface area contributed by atoms with Crippen molar-refractivity contribution in [2.75, 3.05) is 32.7 Å². The van der Waals surface area contributed by atoms with Gasteiger partial charge in [-0.15, -0.1) is 0 Å². The topological polar surface area (TPSA) is 67.6 Å². The Kier molecular flexibility index (Phi) is 6.27. The minimum absolute atomic E-state index is 0.185. The highest BCUT2D eigenvalue weighted by atomic mass is 16.6. The molecule has 0 aromatic heterocycles. The van der Waals surface area contributed by atoms with E-state index in [1.807, 2.05) is 25.7 Å². The van der Waals surface area contributed by atoms with Crippen molar-refractivity contribution in [3.8, 4) is 0 Å². The summed E-state index contributed by atoms with van der Waals surface area (Å²) in [5.41, 5.74) is 5.34. The molecule has 0 spiro atoms. The number of rotatable bonds is 5. The zero-order valence-corrected chi connectivity index (χ0v) is 13.5. The summed E-state index contributed by atoms with van der Waals surface area (Å²) in [4.78, 5) is 13.8. The van der Waals surface area contributed by atoms with Crippen LogP contribution in [0.2, 0.25) is 0 Å². The number of hydrogen-bond donors (Lipinski definition) is 2. The molecule has 1 fully saturated rings. The number of nitrogens with zero attached hydrogens (tertiary/aromatic N) is 1. The lowest BCUT2D eigenvalue weighted by molar-refractivity contribution is 0.0120. The Balaban J connectivity index is 2.33. The van der Waals surface area contributed by atoms with Crippen LogP contribution in [0.1, 0.15) is 47.0 Å². The van der Waals surface area contributed by atoms with Crippen LogP contribution in [0.5, 0.6) is 0 Å². The molecule has 1 aliphatic rings. The Hall–Kier alpha value is -0.810. The molecule has 3 N–H and O–H groups in total. The van der Waals surface area contributed by atoms with Crippen molar-refractivity contribution in [3.63, 3.8) is 0 Å². The standard InChI is InChI=1S/C15H31N3O2/c1-14(2,3)20-13(19)18-10-6-15(4,7-11-18)12-17-9-5-8-16/h17H,5-12,16H2,1-4H3. The van der Waals surface area contributed by atoms with Gasteiger partial charge in [0.05, 0.1) is 0 Å². The van der Waals surface area contributed by atoms with Gasteiger partial charge in [-0.2, -0.15) is 0 Å². The van der Waals surface area contributed by atoms with E-state index in [0.29, 0.717) is 0 Å². The van der Waals surface area contributed by atoms with Gasteiger partial charge in [0.15, 0.2) is 0 Å². The summed E-state index contributed by atoms with van der Waals surface area (Å²) in [5, 5.41) is 3.46. The summed E-state index contributed by atoms with van der Waals surface area (Å²) in [6, 6.07) is 0. The Morgan fingerprint density at radius 1 is 1.35 bits per heavy atom. The highest BCUT2D eigenvalue weighted by Gasteiger charge is 2.33. The van der Waals surface area contributed by atoms with Crippen LogP contribution >= 0.6 is 0 Å². The van der Waals surface area contributed by atoms with Gasteiger partial charge in [0.25, 0.3) is 0 Å². The number of piperidine rings is 1. The van der Waals surface area contributed by atoms with Gasteiger partial charge in [-0.25, -0.2) is 4.79 Å². The van der Waals surface area contributed by atoms with Crippen molar-refractivity contribution >= 4 is 6.09 Å². The predicted octanol–water partition coefficient (Wildman–Crippen LogP) is 1.96. The lowest BCUT2D eigenvalue weighted by Gasteiger charge is -2.40. The van der Waals surface area contributed by atoms with Gasteiger partial charge < -0.3 is 20.7 Å². The third kappa shape index (κ3) is 6.09. The quantitative estimate of drug-likeness (QED) is 0.758. The van der Waals surface area contributed by atoms with E-state index in [1.165, 1.54) is 0 Å². The monoisotopic (exact) mass is 285 g/mol. The van der Waals surface area contributed by atoms with E-state index in [-0.39, 0.29) is 11.5 Å². The van der Waals surface area contributed by atoms with E-state index in [2.05, 4.69) is 12.2 Å². The number of likely N-dealkylation sites (tertiary alicyclic amines) is 1. The molecule has 5 nitrogen and oxygen atoms in total. The number of hydrogen-bond acceptors (Lipinski definition) is 4. The molecule has 118 valence electrons. The molecule has 20 heavy (non-hydrogen) atoms. The average Bonchev–Trinajstić information content (AvgIpc) is 2.33. The van der Waals surface area contributed by atoms with Gasteiger partial charge in [-0.05, 0) is 58.5 Å². The number of carbonyl (C=O) groups excluding carboxylic acids is 1. The Morgan fingerprint density at radius 3 is 2.45 bits per heavy atom. The fourth-order valence-corrected chi connectivity index (χ4v) is 2.35. The number of amides is 1. The lowest BCUT2D eigenvalue weighted by Crippen LogP contribution is -2.47. The molecule has 5 heteroatoms. The summed E-state index contributed by atoms with van der Waals surface area (Å²) < 4.78 is 5.42. The molecular weight excluding hydrogens is 254 g/mol. The molecule has 1 heterocycles. The van der Waals surface area contributed by atoms with Crippen molar-refractivity contribution in [1.82, 2.24) is 10.2 Å². The van der Waals surface area contributed by atoms with Crippen molar-refractivity contribution < 1.29 is 9.53 Å². The molecule has 0 bridgehead atoms. The molecule has 1 rings (SSSR count). The summed E-state index contributed by atoms with van der Waals surface area (Å²) >= 11 is 0. The molecule has 0 saturated carbocycles. The minimum atomic E-state index is -0.415. The van der Waals surface area contributed by atoms with Crippen LogP contribution in [-0.4, -0.2) is 49.3 Å². The van der Waals surface area contributed by atoms with Crippen LogP contribution < -0.4 is 11.1 Å². The first-order chi connectivity index (χ1) is 9.26. The van der Waals surface area contributed by atoms with Crippen LogP contribution in [0, 0.1) is 5.41 Å². The Bertz CT molecular complexity index is 305. The molecule has 1 aliphatic heterocycles. The maximum atomic E-state index is 12.0. The second kappa shape index (κ2) is 7.27.